The van der Waals surface area contributed by atoms with Crippen molar-refractivity contribution in [1.82, 2.24) is 9.88 Å². The van der Waals surface area contributed by atoms with Gasteiger partial charge in [-0.05, 0) is 35.3 Å². The van der Waals surface area contributed by atoms with Gasteiger partial charge in [0.25, 0.3) is 0 Å². The van der Waals surface area contributed by atoms with Gasteiger partial charge in [0.2, 0.25) is 0 Å². The quantitative estimate of drug-likeness (QED) is 0.616. The van der Waals surface area contributed by atoms with Crippen molar-refractivity contribution in [3.8, 4) is 11.3 Å². The molecule has 0 radical (unpaired) electrons. The number of benzene rings is 2. The summed E-state index contributed by atoms with van der Waals surface area (Å²) in [5.74, 6) is 0.554. The van der Waals surface area contributed by atoms with E-state index in [2.05, 4.69) is 70.6 Å². The van der Waals surface area contributed by atoms with Gasteiger partial charge in [-0.15, -0.1) is 24.8 Å². The summed E-state index contributed by atoms with van der Waals surface area (Å²) in [6.45, 7) is 3.11. The van der Waals surface area contributed by atoms with Crippen LogP contribution in [0.25, 0.3) is 16.8 Å². The van der Waals surface area contributed by atoms with Crippen LogP contribution in [0.1, 0.15) is 17.5 Å². The zero-order chi connectivity index (χ0) is 17.8. The summed E-state index contributed by atoms with van der Waals surface area (Å²) in [6.07, 6.45) is 3.47. The Bertz CT molecular complexity index is 909. The van der Waals surface area contributed by atoms with E-state index in [9.17, 15) is 0 Å². The molecule has 2 N–H and O–H groups in total. The summed E-state index contributed by atoms with van der Waals surface area (Å²) in [6, 6.07) is 25.1. The van der Waals surface area contributed by atoms with E-state index in [0.717, 1.165) is 37.3 Å². The number of nitrogen functional groups attached to an aromatic ring is 1. The van der Waals surface area contributed by atoms with Gasteiger partial charge >= 0.3 is 0 Å². The second-order valence-corrected chi connectivity index (χ2v) is 6.74. The molecule has 2 aromatic carbocycles. The summed E-state index contributed by atoms with van der Waals surface area (Å²) in [4.78, 5) is 6.91. The van der Waals surface area contributed by atoms with Crippen molar-refractivity contribution >= 4 is 36.2 Å². The molecule has 0 saturated heterocycles. The van der Waals surface area contributed by atoms with Gasteiger partial charge in [-0.25, -0.2) is 4.98 Å². The van der Waals surface area contributed by atoms with Gasteiger partial charge in [-0.2, -0.15) is 0 Å². The SMILES string of the molecule is Cl.Cl.Nc1cccc(-c2ccc(C3=CCCN(Cc4ccccc4)C3)cc2)n1. The summed E-state index contributed by atoms with van der Waals surface area (Å²) >= 11 is 0. The topological polar surface area (TPSA) is 42.1 Å². The molecule has 3 aromatic rings. The number of rotatable bonds is 4. The Hall–Kier alpha value is -2.33. The van der Waals surface area contributed by atoms with E-state index in [1.807, 2.05) is 18.2 Å². The number of hydrogen-bond donors (Lipinski definition) is 1. The molecule has 0 bridgehead atoms. The minimum absolute atomic E-state index is 0. The van der Waals surface area contributed by atoms with Gasteiger partial charge < -0.3 is 5.73 Å². The van der Waals surface area contributed by atoms with Crippen LogP contribution in [0, 0.1) is 0 Å². The Balaban J connectivity index is 0.00000140. The van der Waals surface area contributed by atoms with Crippen LogP contribution in [-0.4, -0.2) is 23.0 Å². The number of nitrogens with two attached hydrogens (primary N) is 1. The fourth-order valence-corrected chi connectivity index (χ4v) is 3.46. The van der Waals surface area contributed by atoms with Crippen molar-refractivity contribution in [2.75, 3.05) is 18.8 Å². The Morgan fingerprint density at radius 2 is 1.54 bits per heavy atom. The molecule has 1 aromatic heterocycles. The predicted octanol–water partition coefficient (Wildman–Crippen LogP) is 5.46. The van der Waals surface area contributed by atoms with Gasteiger partial charge in [-0.1, -0.05) is 66.7 Å². The number of pyridine rings is 1. The summed E-state index contributed by atoms with van der Waals surface area (Å²) < 4.78 is 0. The second kappa shape index (κ2) is 10.3. The maximum Gasteiger partial charge on any atom is 0.124 e. The minimum Gasteiger partial charge on any atom is -0.384 e. The predicted molar refractivity (Wildman–Crippen MR) is 123 cm³/mol. The largest absolute Gasteiger partial charge is 0.384 e. The number of halogens is 2. The lowest BCUT2D eigenvalue weighted by Gasteiger charge is -2.27. The first-order valence-corrected chi connectivity index (χ1v) is 9.06. The lowest BCUT2D eigenvalue weighted by atomic mass is 9.98. The Labute approximate surface area is 179 Å². The number of nitrogens with zero attached hydrogens (tertiary/aromatic N) is 2. The summed E-state index contributed by atoms with van der Waals surface area (Å²) in [5, 5.41) is 0. The van der Waals surface area contributed by atoms with E-state index in [-0.39, 0.29) is 24.8 Å². The molecule has 0 amide bonds. The Kier molecular flexibility index (Phi) is 8.06. The third kappa shape index (κ3) is 5.35. The van der Waals surface area contributed by atoms with Crippen molar-refractivity contribution in [1.29, 1.82) is 0 Å². The maximum absolute atomic E-state index is 5.80. The van der Waals surface area contributed by atoms with Gasteiger partial charge in [0.15, 0.2) is 0 Å². The van der Waals surface area contributed by atoms with Crippen LogP contribution in [0.5, 0.6) is 0 Å². The molecule has 1 aliphatic rings. The Morgan fingerprint density at radius 1 is 0.821 bits per heavy atom. The van der Waals surface area contributed by atoms with E-state index < -0.39 is 0 Å². The van der Waals surface area contributed by atoms with E-state index in [4.69, 9.17) is 5.73 Å². The molecular formula is C23H25Cl2N3. The van der Waals surface area contributed by atoms with Crippen LogP contribution in [-0.2, 0) is 6.54 Å². The second-order valence-electron chi connectivity index (χ2n) is 6.74. The summed E-state index contributed by atoms with van der Waals surface area (Å²) in [7, 11) is 0. The zero-order valence-electron chi connectivity index (χ0n) is 15.6. The molecule has 0 aliphatic carbocycles. The van der Waals surface area contributed by atoms with Crippen LogP contribution in [0.2, 0.25) is 0 Å². The van der Waals surface area contributed by atoms with E-state index >= 15 is 0 Å². The van der Waals surface area contributed by atoms with Gasteiger partial charge in [-0.3, -0.25) is 4.90 Å². The van der Waals surface area contributed by atoms with Crippen molar-refractivity contribution in [3.05, 3.63) is 90.0 Å². The average Bonchev–Trinajstić information content (AvgIpc) is 2.69. The molecule has 5 heteroatoms. The van der Waals surface area contributed by atoms with Crippen LogP contribution >= 0.6 is 24.8 Å². The highest BCUT2D eigenvalue weighted by Crippen LogP contribution is 2.25. The molecule has 0 saturated carbocycles. The highest BCUT2D eigenvalue weighted by Gasteiger charge is 2.14. The van der Waals surface area contributed by atoms with Gasteiger partial charge in [0.05, 0.1) is 5.69 Å². The molecule has 146 valence electrons. The minimum atomic E-state index is 0. The van der Waals surface area contributed by atoms with E-state index in [0.29, 0.717) is 5.82 Å². The molecule has 28 heavy (non-hydrogen) atoms. The van der Waals surface area contributed by atoms with Crippen LogP contribution in [0.4, 0.5) is 5.82 Å². The summed E-state index contributed by atoms with van der Waals surface area (Å²) in [5.41, 5.74) is 11.9. The first kappa shape index (κ1) is 22.0. The molecule has 1 aliphatic heterocycles. The molecular weight excluding hydrogens is 389 g/mol. The first-order valence-electron chi connectivity index (χ1n) is 9.06. The van der Waals surface area contributed by atoms with Crippen LogP contribution in [0.3, 0.4) is 0 Å². The Morgan fingerprint density at radius 3 is 2.25 bits per heavy atom. The molecule has 2 heterocycles. The standard InChI is InChI=1S/C23H23N3.2ClH/c24-23-10-4-9-22(25-23)20-13-11-19(12-14-20)21-8-5-15-26(17-21)16-18-6-2-1-3-7-18;;/h1-4,6-14H,5,15-17H2,(H2,24,25);2*1H. The van der Waals surface area contributed by atoms with Crippen LogP contribution in [0.15, 0.2) is 78.9 Å². The van der Waals surface area contributed by atoms with Crippen LogP contribution < -0.4 is 5.73 Å². The molecule has 4 rings (SSSR count). The zero-order valence-corrected chi connectivity index (χ0v) is 17.3. The van der Waals surface area contributed by atoms with Crippen molar-refractivity contribution in [3.63, 3.8) is 0 Å². The lowest BCUT2D eigenvalue weighted by Crippen LogP contribution is -2.29. The fraction of sp³-hybridized carbons (Fsp3) is 0.174. The average molecular weight is 414 g/mol. The molecule has 3 nitrogen and oxygen atoms in total. The smallest absolute Gasteiger partial charge is 0.124 e. The fourth-order valence-electron chi connectivity index (χ4n) is 3.46. The number of hydrogen-bond acceptors (Lipinski definition) is 3. The monoisotopic (exact) mass is 413 g/mol. The van der Waals surface area contributed by atoms with Crippen molar-refractivity contribution < 1.29 is 0 Å². The number of aromatic nitrogens is 1. The van der Waals surface area contributed by atoms with E-state index in [1.54, 1.807) is 0 Å². The van der Waals surface area contributed by atoms with Gasteiger partial charge in [0.1, 0.15) is 5.82 Å². The lowest BCUT2D eigenvalue weighted by molar-refractivity contribution is 0.296. The molecule has 0 unspecified atom stereocenters. The normalized spacial score (nSPS) is 13.8. The van der Waals surface area contributed by atoms with E-state index in [1.165, 1.54) is 16.7 Å². The van der Waals surface area contributed by atoms with Gasteiger partial charge in [0, 0.05) is 25.2 Å². The highest BCUT2D eigenvalue weighted by atomic mass is 35.5. The third-order valence-electron chi connectivity index (χ3n) is 4.80. The molecule has 0 spiro atoms. The number of anilines is 1. The molecule has 0 fully saturated rings. The van der Waals surface area contributed by atoms with Crippen molar-refractivity contribution in [2.24, 2.45) is 0 Å². The maximum atomic E-state index is 5.80. The highest BCUT2D eigenvalue weighted by molar-refractivity contribution is 5.85. The molecule has 0 atom stereocenters. The third-order valence-corrected chi connectivity index (χ3v) is 4.80. The first-order chi connectivity index (χ1) is 12.8. The van der Waals surface area contributed by atoms with Crippen molar-refractivity contribution in [2.45, 2.75) is 13.0 Å².